The van der Waals surface area contributed by atoms with E-state index in [0.717, 1.165) is 35.7 Å². The highest BCUT2D eigenvalue weighted by molar-refractivity contribution is 7.11. The van der Waals surface area contributed by atoms with Crippen molar-refractivity contribution >= 4 is 17.4 Å². The molecule has 0 unspecified atom stereocenters. The highest BCUT2D eigenvalue weighted by Crippen LogP contribution is 2.23. The van der Waals surface area contributed by atoms with Gasteiger partial charge in [0.25, 0.3) is 0 Å². The molecule has 1 amide bonds. The van der Waals surface area contributed by atoms with Crippen LogP contribution in [0.4, 0.5) is 4.79 Å². The van der Waals surface area contributed by atoms with Gasteiger partial charge in [-0.3, -0.25) is 0 Å². The molecule has 1 heterocycles. The van der Waals surface area contributed by atoms with Crippen LogP contribution in [0.15, 0.2) is 0 Å². The number of carbonyl (C=O) groups is 1. The van der Waals surface area contributed by atoms with Crippen molar-refractivity contribution in [3.63, 3.8) is 0 Å². The van der Waals surface area contributed by atoms with Crippen molar-refractivity contribution in [3.05, 3.63) is 10.0 Å². The summed E-state index contributed by atoms with van der Waals surface area (Å²) in [4.78, 5) is 11.9. The second-order valence-corrected chi connectivity index (χ2v) is 7.07. The van der Waals surface area contributed by atoms with E-state index in [-0.39, 0.29) is 6.04 Å². The topological polar surface area (TPSA) is 64.1 Å². The van der Waals surface area contributed by atoms with Crippen LogP contribution < -0.4 is 5.32 Å². The second-order valence-electron chi connectivity index (χ2n) is 5.85. The number of ether oxygens (including phenoxy) is 1. The van der Waals surface area contributed by atoms with Crippen LogP contribution in [-0.4, -0.2) is 21.9 Å². The third kappa shape index (κ3) is 6.32. The summed E-state index contributed by atoms with van der Waals surface area (Å²) in [6.45, 7) is 9.64. The first kappa shape index (κ1) is 16.9. The molecule has 1 N–H and O–H groups in total. The maximum Gasteiger partial charge on any atom is 0.408 e. The largest absolute Gasteiger partial charge is 0.444 e. The Hall–Kier alpha value is -1.17. The monoisotopic (exact) mass is 299 g/mol. The molecule has 1 aromatic heterocycles. The van der Waals surface area contributed by atoms with Crippen molar-refractivity contribution in [2.24, 2.45) is 0 Å². The lowest BCUT2D eigenvalue weighted by molar-refractivity contribution is 0.0500. The van der Waals surface area contributed by atoms with E-state index in [9.17, 15) is 4.79 Å². The van der Waals surface area contributed by atoms with Crippen molar-refractivity contribution in [1.29, 1.82) is 0 Å². The number of nitrogens with one attached hydrogen (secondary N) is 1. The molecule has 114 valence electrons. The predicted octanol–water partition coefficient (Wildman–Crippen LogP) is 3.99. The zero-order valence-electron chi connectivity index (χ0n) is 13.0. The Morgan fingerprint density at radius 1 is 1.35 bits per heavy atom. The molecular formula is C14H25N3O2S. The lowest BCUT2D eigenvalue weighted by Gasteiger charge is -2.22. The van der Waals surface area contributed by atoms with Gasteiger partial charge in [0, 0.05) is 0 Å². The van der Waals surface area contributed by atoms with Crippen LogP contribution in [0.25, 0.3) is 0 Å². The number of unbranched alkanes of at least 4 members (excludes halogenated alkanes) is 2. The standard InChI is InChI=1S/C14H25N3O2S/c1-6-7-8-9-11(12-17-16-10(2)20-12)15-13(18)19-14(3,4)5/h11H,6-9H2,1-5H3,(H,15,18)/t11-/m0/s1. The summed E-state index contributed by atoms with van der Waals surface area (Å²) in [5.74, 6) is 0. The van der Waals surface area contributed by atoms with Gasteiger partial charge >= 0.3 is 6.09 Å². The second kappa shape index (κ2) is 7.57. The number of rotatable bonds is 6. The average Bonchev–Trinajstić information content (AvgIpc) is 2.72. The van der Waals surface area contributed by atoms with E-state index in [1.165, 1.54) is 11.3 Å². The Balaban J connectivity index is 2.65. The first-order valence-corrected chi connectivity index (χ1v) is 7.93. The van der Waals surface area contributed by atoms with Crippen LogP contribution >= 0.6 is 11.3 Å². The Morgan fingerprint density at radius 2 is 2.05 bits per heavy atom. The zero-order chi connectivity index (χ0) is 15.2. The molecule has 1 aromatic rings. The van der Waals surface area contributed by atoms with Gasteiger partial charge < -0.3 is 10.1 Å². The van der Waals surface area contributed by atoms with E-state index in [1.807, 2.05) is 27.7 Å². The molecule has 1 rings (SSSR count). The SMILES string of the molecule is CCCCC[C@H](NC(=O)OC(C)(C)C)c1nnc(C)s1. The van der Waals surface area contributed by atoms with Gasteiger partial charge in [-0.1, -0.05) is 37.5 Å². The molecular weight excluding hydrogens is 274 g/mol. The highest BCUT2D eigenvalue weighted by Gasteiger charge is 2.22. The van der Waals surface area contributed by atoms with Crippen molar-refractivity contribution in [1.82, 2.24) is 15.5 Å². The van der Waals surface area contributed by atoms with E-state index >= 15 is 0 Å². The summed E-state index contributed by atoms with van der Waals surface area (Å²) >= 11 is 1.52. The fourth-order valence-electron chi connectivity index (χ4n) is 1.76. The van der Waals surface area contributed by atoms with Gasteiger partial charge in [0.15, 0.2) is 0 Å². The van der Waals surface area contributed by atoms with E-state index < -0.39 is 11.7 Å². The lowest BCUT2D eigenvalue weighted by atomic mass is 10.1. The third-order valence-corrected chi connectivity index (χ3v) is 3.58. The molecule has 0 bridgehead atoms. The van der Waals surface area contributed by atoms with Crippen molar-refractivity contribution in [2.75, 3.05) is 0 Å². The molecule has 0 saturated heterocycles. The van der Waals surface area contributed by atoms with E-state index in [4.69, 9.17) is 4.74 Å². The van der Waals surface area contributed by atoms with Crippen LogP contribution in [-0.2, 0) is 4.74 Å². The Bertz CT molecular complexity index is 426. The van der Waals surface area contributed by atoms with Gasteiger partial charge in [-0.2, -0.15) is 0 Å². The highest BCUT2D eigenvalue weighted by atomic mass is 32.1. The molecule has 0 aliphatic rings. The number of carbonyl (C=O) groups excluding carboxylic acids is 1. The number of hydrogen-bond donors (Lipinski definition) is 1. The summed E-state index contributed by atoms with van der Waals surface area (Å²) in [6.07, 6.45) is 3.81. The van der Waals surface area contributed by atoms with Crippen LogP contribution in [0.2, 0.25) is 0 Å². The molecule has 0 aliphatic heterocycles. The van der Waals surface area contributed by atoms with Crippen LogP contribution in [0.1, 0.15) is 69.4 Å². The van der Waals surface area contributed by atoms with Crippen molar-refractivity contribution < 1.29 is 9.53 Å². The number of hydrogen-bond acceptors (Lipinski definition) is 5. The first-order valence-electron chi connectivity index (χ1n) is 7.11. The van der Waals surface area contributed by atoms with Crippen molar-refractivity contribution in [3.8, 4) is 0 Å². The maximum atomic E-state index is 11.9. The summed E-state index contributed by atoms with van der Waals surface area (Å²) in [7, 11) is 0. The summed E-state index contributed by atoms with van der Waals surface area (Å²) in [5.41, 5.74) is -0.491. The van der Waals surface area contributed by atoms with Crippen LogP contribution in [0, 0.1) is 6.92 Å². The summed E-state index contributed by atoms with van der Waals surface area (Å²) in [5, 5.41) is 12.8. The minimum Gasteiger partial charge on any atom is -0.444 e. The van der Waals surface area contributed by atoms with E-state index in [0.29, 0.717) is 0 Å². The van der Waals surface area contributed by atoms with E-state index in [2.05, 4.69) is 22.4 Å². The summed E-state index contributed by atoms with van der Waals surface area (Å²) < 4.78 is 5.31. The fourth-order valence-corrected chi connectivity index (χ4v) is 2.54. The summed E-state index contributed by atoms with van der Waals surface area (Å²) in [6, 6.07) is -0.109. The van der Waals surface area contributed by atoms with Gasteiger partial charge in [-0.05, 0) is 34.1 Å². The molecule has 0 spiro atoms. The molecule has 20 heavy (non-hydrogen) atoms. The minimum atomic E-state index is -0.491. The third-order valence-electron chi connectivity index (χ3n) is 2.63. The number of nitrogens with zero attached hydrogens (tertiary/aromatic N) is 2. The fraction of sp³-hybridized carbons (Fsp3) is 0.786. The Kier molecular flexibility index (Phi) is 6.39. The number of alkyl carbamates (subject to hydrolysis) is 1. The Labute approximate surface area is 125 Å². The predicted molar refractivity (Wildman–Crippen MR) is 80.9 cm³/mol. The van der Waals surface area contributed by atoms with Gasteiger partial charge in [-0.25, -0.2) is 4.79 Å². The lowest BCUT2D eigenvalue weighted by Crippen LogP contribution is -2.35. The normalized spacial score (nSPS) is 13.1. The maximum absolute atomic E-state index is 11.9. The average molecular weight is 299 g/mol. The van der Waals surface area contributed by atoms with Gasteiger partial charge in [0.2, 0.25) is 0 Å². The molecule has 6 heteroatoms. The number of amides is 1. The molecule has 0 radical (unpaired) electrons. The quantitative estimate of drug-likeness (QED) is 0.807. The smallest absolute Gasteiger partial charge is 0.408 e. The molecule has 1 atom stereocenters. The minimum absolute atomic E-state index is 0.109. The van der Waals surface area contributed by atoms with Gasteiger partial charge in [0.1, 0.15) is 15.6 Å². The number of aromatic nitrogens is 2. The van der Waals surface area contributed by atoms with Crippen LogP contribution in [0.3, 0.4) is 0 Å². The van der Waals surface area contributed by atoms with Gasteiger partial charge in [0.05, 0.1) is 6.04 Å². The van der Waals surface area contributed by atoms with E-state index in [1.54, 1.807) is 0 Å². The molecule has 0 fully saturated rings. The number of aryl methyl sites for hydroxylation is 1. The Morgan fingerprint density at radius 3 is 2.55 bits per heavy atom. The zero-order valence-corrected chi connectivity index (χ0v) is 13.8. The van der Waals surface area contributed by atoms with Gasteiger partial charge in [-0.15, -0.1) is 10.2 Å². The molecule has 5 nitrogen and oxygen atoms in total. The molecule has 0 aromatic carbocycles. The first-order chi connectivity index (χ1) is 9.31. The van der Waals surface area contributed by atoms with Crippen LogP contribution in [0.5, 0.6) is 0 Å². The molecule has 0 saturated carbocycles. The van der Waals surface area contributed by atoms with Crippen molar-refractivity contribution in [2.45, 2.75) is 71.9 Å². The molecule has 0 aliphatic carbocycles.